The normalized spacial score (nSPS) is 12.2. The first-order chi connectivity index (χ1) is 8.74. The zero-order valence-electron chi connectivity index (χ0n) is 11.7. The lowest BCUT2D eigenvalue weighted by Crippen LogP contribution is -2.32. The summed E-state index contributed by atoms with van der Waals surface area (Å²) in [5.74, 6) is 1.71. The Bertz CT molecular complexity index is 355. The molecule has 0 spiro atoms. The molecule has 0 amide bonds. The van der Waals surface area contributed by atoms with Crippen LogP contribution in [0.1, 0.15) is 18.9 Å². The Balaban J connectivity index is 2.69. The summed E-state index contributed by atoms with van der Waals surface area (Å²) in [4.78, 5) is 0. The van der Waals surface area contributed by atoms with Gasteiger partial charge in [0.1, 0.15) is 11.5 Å². The van der Waals surface area contributed by atoms with Crippen LogP contribution in [-0.4, -0.2) is 34.0 Å². The molecular weight excluding hydrogens is 230 g/mol. The summed E-state index contributed by atoms with van der Waals surface area (Å²) in [7, 11) is 5.06. The summed E-state index contributed by atoms with van der Waals surface area (Å²) in [5.41, 5.74) is 1.09. The smallest absolute Gasteiger partial charge is 0.123 e. The van der Waals surface area contributed by atoms with Crippen molar-refractivity contribution in [2.45, 2.75) is 25.9 Å². The molecule has 4 nitrogen and oxygen atoms in total. The van der Waals surface area contributed by atoms with Crippen LogP contribution < -0.4 is 14.8 Å². The number of ether oxygens (including phenoxy) is 3. The molecule has 0 radical (unpaired) electrons. The van der Waals surface area contributed by atoms with Crippen LogP contribution in [0.4, 0.5) is 0 Å². The summed E-state index contributed by atoms with van der Waals surface area (Å²) in [6.07, 6.45) is 1.03. The summed E-state index contributed by atoms with van der Waals surface area (Å²) >= 11 is 0. The first-order valence-corrected chi connectivity index (χ1v) is 6.18. The second kappa shape index (κ2) is 7.95. The van der Waals surface area contributed by atoms with E-state index in [0.29, 0.717) is 12.6 Å². The summed E-state index contributed by atoms with van der Waals surface area (Å²) in [6, 6.07) is 6.17. The fourth-order valence-electron chi connectivity index (χ4n) is 1.80. The minimum atomic E-state index is 0.353. The van der Waals surface area contributed by atoms with Gasteiger partial charge in [-0.1, -0.05) is 6.92 Å². The van der Waals surface area contributed by atoms with Crippen LogP contribution in [0.2, 0.25) is 0 Å². The van der Waals surface area contributed by atoms with E-state index in [0.717, 1.165) is 30.0 Å². The molecule has 4 heteroatoms. The van der Waals surface area contributed by atoms with Crippen molar-refractivity contribution in [1.29, 1.82) is 0 Å². The number of hydrogen-bond donors (Lipinski definition) is 1. The fraction of sp³-hybridized carbons (Fsp3) is 0.571. The van der Waals surface area contributed by atoms with E-state index in [9.17, 15) is 0 Å². The van der Waals surface area contributed by atoms with Crippen LogP contribution in [0.15, 0.2) is 18.2 Å². The van der Waals surface area contributed by atoms with Crippen molar-refractivity contribution in [3.8, 4) is 11.5 Å². The predicted molar refractivity (Wildman–Crippen MR) is 72.3 cm³/mol. The van der Waals surface area contributed by atoms with Gasteiger partial charge in [-0.05, 0) is 24.6 Å². The van der Waals surface area contributed by atoms with Crippen molar-refractivity contribution in [2.24, 2.45) is 0 Å². The Hall–Kier alpha value is -1.26. The molecule has 1 N–H and O–H groups in total. The third-order valence-electron chi connectivity index (χ3n) is 2.93. The zero-order chi connectivity index (χ0) is 13.4. The van der Waals surface area contributed by atoms with Crippen LogP contribution in [0.3, 0.4) is 0 Å². The first kappa shape index (κ1) is 14.8. The van der Waals surface area contributed by atoms with Crippen LogP contribution in [0.25, 0.3) is 0 Å². The topological polar surface area (TPSA) is 39.7 Å². The minimum Gasteiger partial charge on any atom is -0.497 e. The van der Waals surface area contributed by atoms with E-state index in [2.05, 4.69) is 12.2 Å². The standard InChI is InChI=1S/C14H23NO3/c1-5-12(10-16-2)15-9-11-8-13(17-3)6-7-14(11)18-4/h6-8,12,15H,5,9-10H2,1-4H3. The maximum absolute atomic E-state index is 5.34. The van der Waals surface area contributed by atoms with Gasteiger partial charge in [-0.15, -0.1) is 0 Å². The van der Waals surface area contributed by atoms with Crippen LogP contribution >= 0.6 is 0 Å². The second-order valence-electron chi connectivity index (χ2n) is 4.12. The number of benzene rings is 1. The van der Waals surface area contributed by atoms with Gasteiger partial charge >= 0.3 is 0 Å². The average molecular weight is 253 g/mol. The molecule has 1 atom stereocenters. The van der Waals surface area contributed by atoms with Crippen molar-refractivity contribution < 1.29 is 14.2 Å². The van der Waals surface area contributed by atoms with Crippen molar-refractivity contribution in [1.82, 2.24) is 5.32 Å². The largest absolute Gasteiger partial charge is 0.497 e. The Labute approximate surface area is 109 Å². The van der Waals surface area contributed by atoms with Crippen molar-refractivity contribution in [3.05, 3.63) is 23.8 Å². The molecule has 102 valence electrons. The third-order valence-corrected chi connectivity index (χ3v) is 2.93. The molecule has 18 heavy (non-hydrogen) atoms. The van der Waals surface area contributed by atoms with Crippen LogP contribution in [0.5, 0.6) is 11.5 Å². The number of methoxy groups -OCH3 is 3. The lowest BCUT2D eigenvalue weighted by atomic mass is 10.1. The maximum Gasteiger partial charge on any atom is 0.123 e. The number of nitrogens with one attached hydrogen (secondary N) is 1. The van der Waals surface area contributed by atoms with E-state index in [-0.39, 0.29) is 0 Å². The van der Waals surface area contributed by atoms with Crippen molar-refractivity contribution in [2.75, 3.05) is 27.9 Å². The summed E-state index contributed by atoms with van der Waals surface area (Å²) < 4.78 is 15.7. The van der Waals surface area contributed by atoms with Crippen LogP contribution in [-0.2, 0) is 11.3 Å². The van der Waals surface area contributed by atoms with Gasteiger partial charge in [0.2, 0.25) is 0 Å². The van der Waals surface area contributed by atoms with Crippen LogP contribution in [0, 0.1) is 0 Å². The Kier molecular flexibility index (Phi) is 6.54. The zero-order valence-corrected chi connectivity index (χ0v) is 11.7. The summed E-state index contributed by atoms with van der Waals surface area (Å²) in [5, 5.41) is 3.45. The molecule has 1 unspecified atom stereocenters. The highest BCUT2D eigenvalue weighted by atomic mass is 16.5. The Morgan fingerprint density at radius 3 is 2.50 bits per heavy atom. The molecule has 0 aromatic heterocycles. The van der Waals surface area contributed by atoms with Gasteiger partial charge in [0.15, 0.2) is 0 Å². The van der Waals surface area contributed by atoms with E-state index >= 15 is 0 Å². The molecule has 0 aliphatic rings. The van der Waals surface area contributed by atoms with Gasteiger partial charge in [-0.25, -0.2) is 0 Å². The van der Waals surface area contributed by atoms with Gasteiger partial charge in [0.25, 0.3) is 0 Å². The molecule has 1 aromatic carbocycles. The monoisotopic (exact) mass is 253 g/mol. The highest BCUT2D eigenvalue weighted by Crippen LogP contribution is 2.23. The number of hydrogen-bond acceptors (Lipinski definition) is 4. The minimum absolute atomic E-state index is 0.353. The Morgan fingerprint density at radius 1 is 1.17 bits per heavy atom. The highest BCUT2D eigenvalue weighted by Gasteiger charge is 2.09. The molecular formula is C14H23NO3. The average Bonchev–Trinajstić information content (AvgIpc) is 2.43. The predicted octanol–water partition coefficient (Wildman–Crippen LogP) is 2.22. The van der Waals surface area contributed by atoms with E-state index in [1.165, 1.54) is 0 Å². The lowest BCUT2D eigenvalue weighted by Gasteiger charge is -2.17. The van der Waals surface area contributed by atoms with Gasteiger partial charge in [0, 0.05) is 25.3 Å². The Morgan fingerprint density at radius 2 is 1.94 bits per heavy atom. The second-order valence-corrected chi connectivity index (χ2v) is 4.12. The fourth-order valence-corrected chi connectivity index (χ4v) is 1.80. The van der Waals surface area contributed by atoms with Crippen molar-refractivity contribution in [3.63, 3.8) is 0 Å². The maximum atomic E-state index is 5.34. The quantitative estimate of drug-likeness (QED) is 0.771. The van der Waals surface area contributed by atoms with Gasteiger partial charge in [-0.3, -0.25) is 0 Å². The van der Waals surface area contributed by atoms with E-state index in [1.54, 1.807) is 21.3 Å². The molecule has 0 fully saturated rings. The summed E-state index contributed by atoms with van der Waals surface area (Å²) in [6.45, 7) is 3.59. The molecule has 1 aromatic rings. The highest BCUT2D eigenvalue weighted by molar-refractivity contribution is 5.40. The van der Waals surface area contributed by atoms with Gasteiger partial charge in [0.05, 0.1) is 20.8 Å². The van der Waals surface area contributed by atoms with Gasteiger partial charge in [-0.2, -0.15) is 0 Å². The third kappa shape index (κ3) is 4.20. The SMILES string of the molecule is CCC(COC)NCc1cc(OC)ccc1OC. The van der Waals surface area contributed by atoms with E-state index in [4.69, 9.17) is 14.2 Å². The molecule has 0 saturated carbocycles. The van der Waals surface area contributed by atoms with E-state index in [1.807, 2.05) is 18.2 Å². The molecule has 0 aliphatic heterocycles. The molecule has 0 heterocycles. The molecule has 0 aliphatic carbocycles. The molecule has 0 saturated heterocycles. The van der Waals surface area contributed by atoms with E-state index < -0.39 is 0 Å². The lowest BCUT2D eigenvalue weighted by molar-refractivity contribution is 0.163. The first-order valence-electron chi connectivity index (χ1n) is 6.18. The van der Waals surface area contributed by atoms with Gasteiger partial charge < -0.3 is 19.5 Å². The number of rotatable bonds is 8. The molecule has 0 bridgehead atoms. The molecule has 1 rings (SSSR count). The van der Waals surface area contributed by atoms with Crippen molar-refractivity contribution >= 4 is 0 Å².